The van der Waals surface area contributed by atoms with Gasteiger partial charge in [-0.05, 0) is 58.3 Å². The molecule has 0 fully saturated rings. The van der Waals surface area contributed by atoms with Gasteiger partial charge >= 0.3 is 7.40 Å². The van der Waals surface area contributed by atoms with E-state index in [1.54, 1.807) is 13.8 Å². The fraction of sp³-hybridized carbons (Fsp3) is 0.500. The van der Waals surface area contributed by atoms with Gasteiger partial charge in [-0.1, -0.05) is 23.2 Å². The first-order valence-electron chi connectivity index (χ1n) is 7.41. The van der Waals surface area contributed by atoms with E-state index in [0.717, 1.165) is 26.4 Å². The summed E-state index contributed by atoms with van der Waals surface area (Å²) in [5, 5.41) is 1.11. The molecule has 0 saturated carbocycles. The maximum atomic E-state index is 13.6. The lowest BCUT2D eigenvalue weighted by Gasteiger charge is -2.32. The van der Waals surface area contributed by atoms with Crippen LogP contribution in [0.25, 0.3) is 5.57 Å². The van der Waals surface area contributed by atoms with E-state index < -0.39 is 7.40 Å². The predicted octanol–water partition coefficient (Wildman–Crippen LogP) is 5.50. The molecule has 0 spiro atoms. The number of aromatic nitrogens is 1. The van der Waals surface area contributed by atoms with Crippen molar-refractivity contribution in [3.63, 3.8) is 0 Å². The largest absolute Gasteiger partial charge is 0.677 e. The minimum Gasteiger partial charge on any atom is -0.364 e. The normalized spacial score (nSPS) is 19.7. The second-order valence-electron chi connectivity index (χ2n) is 6.55. The third-order valence-electron chi connectivity index (χ3n) is 4.91. The fourth-order valence-electron chi connectivity index (χ4n) is 3.42. The van der Waals surface area contributed by atoms with Crippen LogP contribution in [0.4, 0.5) is 8.63 Å². The molecule has 0 atom stereocenters. The lowest BCUT2D eigenvalue weighted by Crippen LogP contribution is -2.36. The standard InChI is InChI=1S/C16H21BCl2F2N2/c1-8-12(18)11(4)23(17(20)21)14(8)9(2)13-10(3)15(19)16(5,6)22(13)7/h1-7H3/b13-9-. The Hall–Kier alpha value is -0.935. The third kappa shape index (κ3) is 2.53. The van der Waals surface area contributed by atoms with Gasteiger partial charge in [-0.15, -0.1) is 0 Å². The van der Waals surface area contributed by atoms with Gasteiger partial charge in [0.2, 0.25) is 0 Å². The van der Waals surface area contributed by atoms with E-state index in [4.69, 9.17) is 23.2 Å². The SMILES string of the molecule is CC1=C(Cl)C(C)(C)N(C)/C1=C(/C)c1c(C)c(Cl)c(C)n1B(F)F. The molecule has 2 rings (SSSR count). The summed E-state index contributed by atoms with van der Waals surface area (Å²) in [7, 11) is -0.719. The molecule has 126 valence electrons. The smallest absolute Gasteiger partial charge is 0.364 e. The van der Waals surface area contributed by atoms with E-state index in [0.29, 0.717) is 22.0 Å². The Balaban J connectivity index is 2.81. The van der Waals surface area contributed by atoms with Crippen LogP contribution < -0.4 is 0 Å². The lowest BCUT2D eigenvalue weighted by atomic mass is 10.0. The zero-order valence-corrected chi connectivity index (χ0v) is 16.0. The first-order chi connectivity index (χ1) is 10.4. The molecular weight excluding hydrogens is 340 g/mol. The van der Waals surface area contributed by atoms with Crippen molar-refractivity contribution in [2.75, 3.05) is 7.05 Å². The molecule has 0 aliphatic carbocycles. The van der Waals surface area contributed by atoms with Crippen molar-refractivity contribution in [3.05, 3.63) is 38.3 Å². The predicted molar refractivity (Wildman–Crippen MR) is 95.3 cm³/mol. The van der Waals surface area contributed by atoms with E-state index in [9.17, 15) is 8.63 Å². The van der Waals surface area contributed by atoms with Crippen molar-refractivity contribution in [1.29, 1.82) is 0 Å². The van der Waals surface area contributed by atoms with Crippen LogP contribution in [0.3, 0.4) is 0 Å². The number of allylic oxidation sites excluding steroid dienone is 2. The van der Waals surface area contributed by atoms with Crippen LogP contribution in [-0.2, 0) is 0 Å². The average molecular weight is 361 g/mol. The van der Waals surface area contributed by atoms with Crippen LogP contribution in [-0.4, -0.2) is 29.4 Å². The summed E-state index contributed by atoms with van der Waals surface area (Å²) >= 11 is 12.7. The van der Waals surface area contributed by atoms with Crippen molar-refractivity contribution in [1.82, 2.24) is 9.38 Å². The van der Waals surface area contributed by atoms with Gasteiger partial charge in [-0.3, -0.25) is 8.63 Å². The Bertz CT molecular complexity index is 733. The number of rotatable bonds is 2. The molecule has 2 nitrogen and oxygen atoms in total. The molecule has 0 aromatic carbocycles. The highest BCUT2D eigenvalue weighted by molar-refractivity contribution is 6.43. The van der Waals surface area contributed by atoms with Gasteiger partial charge in [0.15, 0.2) is 0 Å². The second-order valence-corrected chi connectivity index (χ2v) is 7.31. The molecule has 1 aromatic rings. The fourth-order valence-corrected chi connectivity index (χ4v) is 3.82. The van der Waals surface area contributed by atoms with Crippen LogP contribution in [0.1, 0.15) is 44.6 Å². The summed E-state index contributed by atoms with van der Waals surface area (Å²) in [6.07, 6.45) is 0. The van der Waals surface area contributed by atoms with Gasteiger partial charge in [0.25, 0.3) is 0 Å². The topological polar surface area (TPSA) is 8.17 Å². The maximum absolute atomic E-state index is 13.6. The molecule has 0 N–H and O–H groups in total. The Kier molecular flexibility index (Phi) is 4.68. The molecule has 1 aliphatic rings. The molecule has 2 heterocycles. The van der Waals surface area contributed by atoms with Crippen LogP contribution >= 0.6 is 23.2 Å². The van der Waals surface area contributed by atoms with E-state index >= 15 is 0 Å². The number of hydrogen-bond donors (Lipinski definition) is 0. The van der Waals surface area contributed by atoms with Crippen LogP contribution in [0, 0.1) is 13.8 Å². The minimum atomic E-state index is -2.65. The molecular formula is C16H21BCl2F2N2. The monoisotopic (exact) mass is 360 g/mol. The van der Waals surface area contributed by atoms with Crippen molar-refractivity contribution in [2.24, 2.45) is 0 Å². The van der Waals surface area contributed by atoms with Crippen molar-refractivity contribution in [2.45, 2.75) is 47.1 Å². The highest BCUT2D eigenvalue weighted by Crippen LogP contribution is 2.45. The summed E-state index contributed by atoms with van der Waals surface area (Å²) in [5.74, 6) is 0. The van der Waals surface area contributed by atoms with Gasteiger partial charge in [0, 0.05) is 29.2 Å². The summed E-state index contributed by atoms with van der Waals surface area (Å²) < 4.78 is 28.2. The highest BCUT2D eigenvalue weighted by atomic mass is 35.5. The molecule has 1 aromatic heterocycles. The van der Waals surface area contributed by atoms with Gasteiger partial charge in [-0.25, -0.2) is 0 Å². The zero-order valence-electron chi connectivity index (χ0n) is 14.5. The number of nitrogens with zero attached hydrogens (tertiary/aromatic N) is 2. The van der Waals surface area contributed by atoms with Crippen molar-refractivity contribution < 1.29 is 8.63 Å². The molecule has 0 radical (unpaired) electrons. The van der Waals surface area contributed by atoms with Crippen LogP contribution in [0.15, 0.2) is 16.3 Å². The Labute approximate surface area is 146 Å². The van der Waals surface area contributed by atoms with Crippen LogP contribution in [0.2, 0.25) is 5.02 Å². The summed E-state index contributed by atoms with van der Waals surface area (Å²) in [4.78, 5) is 2.03. The Morgan fingerprint density at radius 2 is 1.65 bits per heavy atom. The lowest BCUT2D eigenvalue weighted by molar-refractivity contribution is 0.283. The molecule has 0 amide bonds. The third-order valence-corrected chi connectivity index (χ3v) is 6.21. The summed E-state index contributed by atoms with van der Waals surface area (Å²) in [6.45, 7) is 11.2. The van der Waals surface area contributed by atoms with E-state index in [-0.39, 0.29) is 5.54 Å². The van der Waals surface area contributed by atoms with Gasteiger partial charge in [-0.2, -0.15) is 0 Å². The second kappa shape index (κ2) is 5.85. The van der Waals surface area contributed by atoms with Crippen molar-refractivity contribution >= 4 is 36.2 Å². The van der Waals surface area contributed by atoms with Gasteiger partial charge in [0.1, 0.15) is 0 Å². The number of likely N-dealkylation sites (N-methyl/N-ethyl adjacent to an activating group) is 1. The van der Waals surface area contributed by atoms with Crippen LogP contribution in [0.5, 0.6) is 0 Å². The molecule has 0 saturated heterocycles. The molecule has 0 unspecified atom stereocenters. The summed E-state index contributed by atoms with van der Waals surface area (Å²) in [6, 6.07) is 0. The molecule has 7 heteroatoms. The summed E-state index contributed by atoms with van der Waals surface area (Å²) in [5.41, 5.74) is 3.67. The van der Waals surface area contributed by atoms with Gasteiger partial charge < -0.3 is 9.38 Å². The first-order valence-corrected chi connectivity index (χ1v) is 8.17. The van der Waals surface area contributed by atoms with Crippen molar-refractivity contribution in [3.8, 4) is 0 Å². The zero-order chi connectivity index (χ0) is 17.9. The molecule has 23 heavy (non-hydrogen) atoms. The Morgan fingerprint density at radius 3 is 2.04 bits per heavy atom. The number of halogens is 4. The Morgan fingerprint density at radius 1 is 1.13 bits per heavy atom. The maximum Gasteiger partial charge on any atom is 0.677 e. The molecule has 0 bridgehead atoms. The van der Waals surface area contributed by atoms with E-state index in [2.05, 4.69) is 0 Å². The molecule has 1 aliphatic heterocycles. The highest BCUT2D eigenvalue weighted by Gasteiger charge is 2.40. The number of hydrogen-bond acceptors (Lipinski definition) is 1. The van der Waals surface area contributed by atoms with Gasteiger partial charge in [0.05, 0.1) is 10.6 Å². The first kappa shape index (κ1) is 18.4. The quantitative estimate of drug-likeness (QED) is 0.632. The van der Waals surface area contributed by atoms with E-state index in [1.165, 1.54) is 0 Å². The average Bonchev–Trinajstić information content (AvgIpc) is 2.77. The minimum absolute atomic E-state index is 0.364. The van der Waals surface area contributed by atoms with E-state index in [1.807, 2.05) is 39.6 Å².